The first-order valence-corrected chi connectivity index (χ1v) is 7.36. The quantitative estimate of drug-likeness (QED) is 0.866. The lowest BCUT2D eigenvalue weighted by molar-refractivity contribution is -0.115. The molecule has 0 fully saturated rings. The van der Waals surface area contributed by atoms with Crippen molar-refractivity contribution in [3.05, 3.63) is 51.8 Å². The number of carbonyl (C=O) groups excluding carboxylic acids is 1. The molecule has 2 aromatic carbocycles. The lowest BCUT2D eigenvalue weighted by Crippen LogP contribution is -2.16. The summed E-state index contributed by atoms with van der Waals surface area (Å²) in [6, 6.07) is 7.30. The van der Waals surface area contributed by atoms with Crippen molar-refractivity contribution in [1.29, 1.82) is 0 Å². The predicted molar refractivity (Wildman–Crippen MR) is 88.3 cm³/mol. The smallest absolute Gasteiger partial charge is 0.229 e. The summed E-state index contributed by atoms with van der Waals surface area (Å²) in [7, 11) is 2.92. The summed E-state index contributed by atoms with van der Waals surface area (Å²) in [6.45, 7) is 0. The van der Waals surface area contributed by atoms with Crippen molar-refractivity contribution >= 4 is 34.8 Å². The van der Waals surface area contributed by atoms with Crippen LogP contribution >= 0.6 is 23.2 Å². The zero-order valence-corrected chi connectivity index (χ0v) is 14.0. The van der Waals surface area contributed by atoms with E-state index in [4.69, 9.17) is 32.7 Å². The Morgan fingerprint density at radius 2 is 1.83 bits per heavy atom. The van der Waals surface area contributed by atoms with Crippen molar-refractivity contribution in [2.45, 2.75) is 6.42 Å². The van der Waals surface area contributed by atoms with Gasteiger partial charge in [-0.3, -0.25) is 4.79 Å². The number of amides is 1. The number of hydrogen-bond acceptors (Lipinski definition) is 3. The highest BCUT2D eigenvalue weighted by Gasteiger charge is 2.15. The number of methoxy groups -OCH3 is 2. The summed E-state index contributed by atoms with van der Waals surface area (Å²) in [5, 5.41) is 3.13. The largest absolute Gasteiger partial charge is 0.495 e. The molecule has 0 heterocycles. The van der Waals surface area contributed by atoms with Gasteiger partial charge in [-0.15, -0.1) is 0 Å². The van der Waals surface area contributed by atoms with E-state index >= 15 is 0 Å². The van der Waals surface area contributed by atoms with E-state index < -0.39 is 11.7 Å². The fourth-order valence-electron chi connectivity index (χ4n) is 2.01. The van der Waals surface area contributed by atoms with Crippen molar-refractivity contribution in [2.75, 3.05) is 19.5 Å². The van der Waals surface area contributed by atoms with Crippen molar-refractivity contribution < 1.29 is 18.7 Å². The van der Waals surface area contributed by atoms with Crippen LogP contribution < -0.4 is 14.8 Å². The highest BCUT2D eigenvalue weighted by atomic mass is 35.5. The molecular formula is C16H14Cl2FNO3. The fourth-order valence-corrected chi connectivity index (χ4v) is 2.48. The molecule has 0 aliphatic rings. The summed E-state index contributed by atoms with van der Waals surface area (Å²) < 4.78 is 24.0. The Morgan fingerprint density at radius 1 is 1.13 bits per heavy atom. The molecule has 0 atom stereocenters. The molecule has 0 unspecified atom stereocenters. The minimum absolute atomic E-state index is 0.130. The minimum atomic E-state index is -0.535. The monoisotopic (exact) mass is 357 g/mol. The zero-order chi connectivity index (χ0) is 17.0. The number of benzene rings is 2. The van der Waals surface area contributed by atoms with E-state index in [9.17, 15) is 9.18 Å². The molecule has 0 aliphatic heterocycles. The van der Waals surface area contributed by atoms with Gasteiger partial charge in [0.05, 0.1) is 31.4 Å². The van der Waals surface area contributed by atoms with Gasteiger partial charge >= 0.3 is 0 Å². The summed E-state index contributed by atoms with van der Waals surface area (Å²) in [5.74, 6) is -0.193. The molecule has 1 N–H and O–H groups in total. The van der Waals surface area contributed by atoms with E-state index in [1.165, 1.54) is 38.5 Å². The van der Waals surface area contributed by atoms with Gasteiger partial charge < -0.3 is 14.8 Å². The first-order valence-electron chi connectivity index (χ1n) is 6.60. The molecular weight excluding hydrogens is 344 g/mol. The maximum absolute atomic E-state index is 13.7. The first kappa shape index (κ1) is 17.4. The van der Waals surface area contributed by atoms with Crippen LogP contribution in [0.1, 0.15) is 5.56 Å². The Bertz CT molecular complexity index is 717. The summed E-state index contributed by atoms with van der Waals surface area (Å²) in [5.41, 5.74) is 0.487. The Balaban J connectivity index is 2.22. The van der Waals surface area contributed by atoms with Gasteiger partial charge in [-0.25, -0.2) is 4.39 Å². The van der Waals surface area contributed by atoms with Crippen LogP contribution in [0.4, 0.5) is 10.1 Å². The average molecular weight is 358 g/mol. The highest BCUT2D eigenvalue weighted by molar-refractivity contribution is 6.32. The number of halogens is 3. The molecule has 1 amide bonds. The second-order valence-electron chi connectivity index (χ2n) is 4.61. The summed E-state index contributed by atoms with van der Waals surface area (Å²) >= 11 is 12.0. The van der Waals surface area contributed by atoms with E-state index in [1.54, 1.807) is 6.07 Å². The van der Waals surface area contributed by atoms with E-state index in [2.05, 4.69) is 5.32 Å². The van der Waals surface area contributed by atoms with Gasteiger partial charge in [0, 0.05) is 16.7 Å². The van der Waals surface area contributed by atoms with Crippen LogP contribution in [0.25, 0.3) is 0 Å². The number of ether oxygens (including phenoxy) is 2. The third kappa shape index (κ3) is 4.06. The van der Waals surface area contributed by atoms with Crippen LogP contribution in [0.3, 0.4) is 0 Å². The van der Waals surface area contributed by atoms with Crippen molar-refractivity contribution in [1.82, 2.24) is 0 Å². The molecule has 0 aliphatic carbocycles. The molecule has 23 heavy (non-hydrogen) atoms. The second-order valence-corrected chi connectivity index (χ2v) is 5.43. The molecule has 122 valence electrons. The standard InChI is InChI=1S/C16H14Cl2FNO3/c1-22-14-8-15(23-2)13(7-11(14)18)20-16(21)6-9-10(17)4-3-5-12(9)19/h3-5,7-8H,6H2,1-2H3,(H,20,21). The molecule has 0 saturated carbocycles. The second kappa shape index (κ2) is 7.53. The number of hydrogen-bond donors (Lipinski definition) is 1. The minimum Gasteiger partial charge on any atom is -0.495 e. The van der Waals surface area contributed by atoms with Gasteiger partial charge in [0.1, 0.15) is 17.3 Å². The fraction of sp³-hybridized carbons (Fsp3) is 0.188. The molecule has 4 nitrogen and oxygen atoms in total. The van der Waals surface area contributed by atoms with Crippen LogP contribution in [0, 0.1) is 5.82 Å². The predicted octanol–water partition coefficient (Wildman–Crippen LogP) is 4.33. The Hall–Kier alpha value is -1.98. The Kier molecular flexibility index (Phi) is 5.69. The third-order valence-corrected chi connectivity index (χ3v) is 3.80. The third-order valence-electron chi connectivity index (χ3n) is 3.15. The van der Waals surface area contributed by atoms with Crippen LogP contribution in [0.2, 0.25) is 10.0 Å². The Morgan fingerprint density at radius 3 is 2.43 bits per heavy atom. The number of rotatable bonds is 5. The maximum atomic E-state index is 13.7. The summed E-state index contributed by atoms with van der Waals surface area (Å²) in [4.78, 5) is 12.2. The molecule has 0 radical (unpaired) electrons. The molecule has 2 rings (SSSR count). The molecule has 0 bridgehead atoms. The topological polar surface area (TPSA) is 47.6 Å². The lowest BCUT2D eigenvalue weighted by atomic mass is 10.1. The Labute approximate surface area is 143 Å². The van der Waals surface area contributed by atoms with Crippen molar-refractivity contribution in [3.63, 3.8) is 0 Å². The van der Waals surface area contributed by atoms with Crippen LogP contribution in [-0.2, 0) is 11.2 Å². The van der Waals surface area contributed by atoms with Crippen LogP contribution in [0.5, 0.6) is 11.5 Å². The molecule has 2 aromatic rings. The van der Waals surface area contributed by atoms with E-state index in [1.807, 2.05) is 0 Å². The normalized spacial score (nSPS) is 10.3. The van der Waals surface area contributed by atoms with Gasteiger partial charge in [-0.05, 0) is 18.2 Å². The lowest BCUT2D eigenvalue weighted by Gasteiger charge is -2.13. The molecule has 0 aromatic heterocycles. The van der Waals surface area contributed by atoms with Gasteiger partial charge in [0.15, 0.2) is 0 Å². The van der Waals surface area contributed by atoms with E-state index in [0.29, 0.717) is 22.2 Å². The average Bonchev–Trinajstić information content (AvgIpc) is 2.51. The van der Waals surface area contributed by atoms with Crippen molar-refractivity contribution in [2.24, 2.45) is 0 Å². The van der Waals surface area contributed by atoms with E-state index in [-0.39, 0.29) is 17.0 Å². The van der Waals surface area contributed by atoms with Gasteiger partial charge in [-0.2, -0.15) is 0 Å². The van der Waals surface area contributed by atoms with Crippen molar-refractivity contribution in [3.8, 4) is 11.5 Å². The van der Waals surface area contributed by atoms with Crippen LogP contribution in [0.15, 0.2) is 30.3 Å². The number of anilines is 1. The zero-order valence-electron chi connectivity index (χ0n) is 12.5. The number of nitrogens with one attached hydrogen (secondary N) is 1. The van der Waals surface area contributed by atoms with Crippen LogP contribution in [-0.4, -0.2) is 20.1 Å². The molecule has 0 saturated heterocycles. The van der Waals surface area contributed by atoms with E-state index in [0.717, 1.165) is 0 Å². The van der Waals surface area contributed by atoms with Gasteiger partial charge in [-0.1, -0.05) is 29.3 Å². The number of carbonyl (C=O) groups is 1. The van der Waals surface area contributed by atoms with Gasteiger partial charge in [0.25, 0.3) is 0 Å². The highest BCUT2D eigenvalue weighted by Crippen LogP contribution is 2.36. The molecule has 0 spiro atoms. The summed E-state index contributed by atoms with van der Waals surface area (Å²) in [6.07, 6.45) is -0.210. The van der Waals surface area contributed by atoms with Gasteiger partial charge in [0.2, 0.25) is 5.91 Å². The SMILES string of the molecule is COc1cc(OC)c(NC(=O)Cc2c(F)cccc2Cl)cc1Cl. The maximum Gasteiger partial charge on any atom is 0.229 e. The molecule has 7 heteroatoms. The first-order chi connectivity index (χ1) is 11.0.